The average molecular weight is 710 g/mol. The highest BCUT2D eigenvalue weighted by molar-refractivity contribution is 6.52. The van der Waals surface area contributed by atoms with Crippen molar-refractivity contribution in [2.24, 2.45) is 0 Å². The van der Waals surface area contributed by atoms with Gasteiger partial charge in [-0.2, -0.15) is 0 Å². The first-order valence-corrected chi connectivity index (χ1v) is 17.2. The molecular weight excluding hydrogens is 683 g/mol. The smallest absolute Gasteiger partial charge is 0.168 e. The molecular formula is C39H27B10N3O4. The summed E-state index contributed by atoms with van der Waals surface area (Å²) >= 11 is 0. The maximum absolute atomic E-state index is 11.3. The molecule has 0 aliphatic carbocycles. The van der Waals surface area contributed by atoms with Crippen LogP contribution in [-0.2, 0) is 0 Å². The zero-order valence-corrected chi connectivity index (χ0v) is 31.2. The van der Waals surface area contributed by atoms with Crippen molar-refractivity contribution in [2.45, 2.75) is 39.9 Å². The fourth-order valence-corrected chi connectivity index (χ4v) is 6.08. The molecule has 3 aromatic carbocycles. The van der Waals surface area contributed by atoms with E-state index in [9.17, 15) is 15.3 Å². The number of aromatic hydroxyl groups is 3. The van der Waals surface area contributed by atoms with E-state index in [-0.39, 0.29) is 97.5 Å². The molecule has 252 valence electrons. The van der Waals surface area contributed by atoms with E-state index >= 15 is 0 Å². The van der Waals surface area contributed by atoms with E-state index in [0.717, 1.165) is 0 Å². The molecule has 3 N–H and O–H groups in total. The van der Waals surface area contributed by atoms with Crippen LogP contribution in [0, 0.1) is 0 Å². The molecule has 0 aliphatic heterocycles. The minimum absolute atomic E-state index is 0.00964. The quantitative estimate of drug-likeness (QED) is 0.143. The number of aromatic nitrogens is 3. The number of fused-ring (bicyclic) bond motifs is 3. The number of hydrogen-bond acceptors (Lipinski definition) is 7. The second kappa shape index (κ2) is 17.4. The molecule has 0 aliphatic rings. The van der Waals surface area contributed by atoms with E-state index in [1.807, 2.05) is 0 Å². The molecule has 0 atom stereocenters. The lowest BCUT2D eigenvalue weighted by Gasteiger charge is -2.20. The minimum Gasteiger partial charge on any atom is -0.508 e. The van der Waals surface area contributed by atoms with Crippen molar-refractivity contribution in [1.29, 1.82) is 0 Å². The molecule has 0 fully saturated rings. The number of hydrogen-bond donors (Lipinski definition) is 3. The monoisotopic (exact) mass is 711 g/mol. The van der Waals surface area contributed by atoms with E-state index in [1.54, 1.807) is 51.1 Å². The third-order valence-electron chi connectivity index (χ3n) is 9.15. The molecule has 0 saturated carbocycles. The van der Waals surface area contributed by atoms with Crippen LogP contribution in [0.15, 0.2) is 103 Å². The first-order chi connectivity index (χ1) is 26.5. The van der Waals surface area contributed by atoms with Gasteiger partial charge in [0.15, 0.2) is 17.5 Å². The molecule has 20 radical (unpaired) electrons. The first kappa shape index (κ1) is 42.1. The third-order valence-corrected chi connectivity index (χ3v) is 9.15. The van der Waals surface area contributed by atoms with Crippen LogP contribution >= 0.6 is 0 Å². The SMILES string of the molecule is [B]C/C([B])=C([B])\C(C/C([B])=C([B])\C(C/C=C\C(=C/C)c1nc(-c2c([B])cc([B])c([B])c2O)nc(-c2c(O)ccc3oc4ccc(O)cc4c23)n1)=C(\[B])C)=C(\[B])C. The predicted molar refractivity (Wildman–Crippen MR) is 236 cm³/mol. The van der Waals surface area contributed by atoms with Crippen LogP contribution < -0.4 is 16.4 Å². The van der Waals surface area contributed by atoms with Crippen LogP contribution in [0.5, 0.6) is 17.2 Å². The Bertz CT molecular complexity index is 2580. The maximum Gasteiger partial charge on any atom is 0.168 e. The van der Waals surface area contributed by atoms with Gasteiger partial charge in [0, 0.05) is 16.3 Å². The van der Waals surface area contributed by atoms with Gasteiger partial charge in [-0.05, 0) is 50.1 Å². The standard InChI is InChI=1S/C39H27B10N3O4/c1-4-18(6-5-7-20(16(2)41)33(47)24(44)13-21(17(3)42)34(48)26(46)15-40)37-50-38(31-23(43)14-25(45)35(49)36(31)55)52-39(51-37)32-27(54)9-11-29-30(32)22-12-19(53)8-10-28(22)56-29/h4-6,8-12,14,53-55H,7,13,15H2,1-3H3/b6-5-,18-4+,20-16+,21-17+,33-24-,34-26-. The van der Waals surface area contributed by atoms with Crippen molar-refractivity contribution >= 4 is 122 Å². The van der Waals surface area contributed by atoms with Crippen molar-refractivity contribution in [1.82, 2.24) is 15.0 Å². The van der Waals surface area contributed by atoms with Crippen LogP contribution in [0.25, 0.3) is 50.3 Å². The summed E-state index contributed by atoms with van der Waals surface area (Å²) in [5.41, 5.74) is 4.27. The van der Waals surface area contributed by atoms with Crippen molar-refractivity contribution in [3.05, 3.63) is 104 Å². The lowest BCUT2D eigenvalue weighted by molar-refractivity contribution is 0.475. The summed E-state index contributed by atoms with van der Waals surface area (Å²) in [7, 11) is 61.7. The molecule has 5 rings (SSSR count). The normalized spacial score (nSPS) is 14.2. The summed E-state index contributed by atoms with van der Waals surface area (Å²) in [6.07, 6.45) is 5.61. The fourth-order valence-electron chi connectivity index (χ4n) is 6.08. The lowest BCUT2D eigenvalue weighted by Crippen LogP contribution is -2.31. The third kappa shape index (κ3) is 8.52. The summed E-state index contributed by atoms with van der Waals surface area (Å²) < 4.78 is 6.02. The van der Waals surface area contributed by atoms with Gasteiger partial charge >= 0.3 is 0 Å². The number of phenols is 3. The second-order valence-electron chi connectivity index (χ2n) is 13.0. The second-order valence-corrected chi connectivity index (χ2v) is 13.0. The van der Waals surface area contributed by atoms with Crippen molar-refractivity contribution in [3.8, 4) is 40.0 Å². The molecule has 5 aromatic rings. The molecule has 2 aromatic heterocycles. The number of benzene rings is 3. The highest BCUT2D eigenvalue weighted by Crippen LogP contribution is 2.42. The molecule has 56 heavy (non-hydrogen) atoms. The minimum atomic E-state index is -0.442. The van der Waals surface area contributed by atoms with Gasteiger partial charge in [-0.1, -0.05) is 66.5 Å². The molecule has 17 heteroatoms. The zero-order chi connectivity index (χ0) is 41.2. The summed E-state index contributed by atoms with van der Waals surface area (Å²) in [4.78, 5) is 14.1. The maximum atomic E-state index is 11.3. The van der Waals surface area contributed by atoms with Gasteiger partial charge in [-0.25, -0.2) is 15.0 Å². The Morgan fingerprint density at radius 2 is 1.38 bits per heavy atom. The Hall–Kier alpha value is -5.04. The van der Waals surface area contributed by atoms with Crippen LogP contribution in [0.1, 0.15) is 39.4 Å². The molecule has 0 saturated heterocycles. The van der Waals surface area contributed by atoms with E-state index in [2.05, 4.69) is 9.97 Å². The summed E-state index contributed by atoms with van der Waals surface area (Å²) in [5, 5.41) is 33.7. The van der Waals surface area contributed by atoms with E-state index < -0.39 is 5.75 Å². The van der Waals surface area contributed by atoms with E-state index in [0.29, 0.717) is 49.6 Å². The highest BCUT2D eigenvalue weighted by atomic mass is 16.3. The Balaban J connectivity index is 1.65. The Labute approximate surface area is 340 Å². The number of allylic oxidation sites excluding steroid dienone is 12. The van der Waals surface area contributed by atoms with Gasteiger partial charge in [0.1, 0.15) is 99.0 Å². The van der Waals surface area contributed by atoms with Crippen molar-refractivity contribution in [2.75, 3.05) is 0 Å². The van der Waals surface area contributed by atoms with Gasteiger partial charge < -0.3 is 19.7 Å². The Morgan fingerprint density at radius 3 is 2.00 bits per heavy atom. The fraction of sp³-hybridized carbons (Fsp3) is 0.154. The number of rotatable bonds is 11. The van der Waals surface area contributed by atoms with Crippen molar-refractivity contribution < 1.29 is 19.7 Å². The molecule has 0 amide bonds. The summed E-state index contributed by atoms with van der Waals surface area (Å²) in [5.74, 6) is -0.629. The molecule has 7 nitrogen and oxygen atoms in total. The Kier molecular flexibility index (Phi) is 13.1. The van der Waals surface area contributed by atoms with Crippen LogP contribution in [0.2, 0.25) is 6.32 Å². The van der Waals surface area contributed by atoms with Gasteiger partial charge in [0.2, 0.25) is 0 Å². The van der Waals surface area contributed by atoms with Crippen LogP contribution in [-0.4, -0.2) is 109 Å². The van der Waals surface area contributed by atoms with Crippen molar-refractivity contribution in [3.63, 3.8) is 0 Å². The topological polar surface area (TPSA) is 113 Å². The molecule has 2 heterocycles. The van der Waals surface area contributed by atoms with Crippen LogP contribution in [0.4, 0.5) is 0 Å². The van der Waals surface area contributed by atoms with E-state index in [4.69, 9.17) is 87.9 Å². The predicted octanol–water partition coefficient (Wildman–Crippen LogP) is 2.91. The van der Waals surface area contributed by atoms with Gasteiger partial charge in [-0.3, -0.25) is 0 Å². The Morgan fingerprint density at radius 1 is 0.750 bits per heavy atom. The number of phenolic OH excluding ortho intramolecular Hbond substituents is 3. The molecule has 0 spiro atoms. The van der Waals surface area contributed by atoms with Crippen LogP contribution in [0.3, 0.4) is 0 Å². The van der Waals surface area contributed by atoms with Gasteiger partial charge in [0.05, 0.1) is 19.0 Å². The number of furan rings is 1. The van der Waals surface area contributed by atoms with Gasteiger partial charge in [0.25, 0.3) is 0 Å². The largest absolute Gasteiger partial charge is 0.508 e. The summed E-state index contributed by atoms with van der Waals surface area (Å²) in [6, 6.07) is 9.00. The summed E-state index contributed by atoms with van der Waals surface area (Å²) in [6.45, 7) is 5.13. The van der Waals surface area contributed by atoms with E-state index in [1.165, 1.54) is 24.3 Å². The average Bonchev–Trinajstić information content (AvgIpc) is 3.52. The first-order valence-electron chi connectivity index (χ1n) is 17.2. The molecule has 0 unspecified atom stereocenters. The van der Waals surface area contributed by atoms with Gasteiger partial charge in [-0.15, -0.1) is 38.3 Å². The highest BCUT2D eigenvalue weighted by Gasteiger charge is 2.23. The molecule has 0 bridgehead atoms. The number of nitrogens with zero attached hydrogens (tertiary/aromatic N) is 3. The zero-order valence-electron chi connectivity index (χ0n) is 31.2. The lowest BCUT2D eigenvalue weighted by atomic mass is 9.65.